The lowest BCUT2D eigenvalue weighted by Gasteiger charge is -2.21. The summed E-state index contributed by atoms with van der Waals surface area (Å²) >= 11 is 0. The van der Waals surface area contributed by atoms with Crippen LogP contribution in [0, 0.1) is 0 Å². The maximum Gasteiger partial charge on any atom is 0.228 e. The first-order valence-electron chi connectivity index (χ1n) is 4.68. The normalized spacial score (nSPS) is 48.0. The van der Waals surface area contributed by atoms with Crippen LogP contribution in [0.4, 0.5) is 4.39 Å². The molecule has 0 amide bonds. The van der Waals surface area contributed by atoms with Crippen LogP contribution in [0.15, 0.2) is 0 Å². The Hall–Kier alpha value is -0.190. The Bertz CT molecular complexity index is 207. The van der Waals surface area contributed by atoms with Crippen molar-refractivity contribution in [3.05, 3.63) is 0 Å². The summed E-state index contributed by atoms with van der Waals surface area (Å²) in [5, 5.41) is 0. The summed E-state index contributed by atoms with van der Waals surface area (Å²) in [5.41, 5.74) is 0. The van der Waals surface area contributed by atoms with E-state index >= 15 is 0 Å². The Morgan fingerprint density at radius 2 is 1.85 bits per heavy atom. The molecule has 0 saturated carbocycles. The van der Waals surface area contributed by atoms with E-state index in [1.807, 2.05) is 6.92 Å². The van der Waals surface area contributed by atoms with Crippen LogP contribution in [0.5, 0.6) is 0 Å². The van der Waals surface area contributed by atoms with Crippen molar-refractivity contribution in [1.82, 2.24) is 0 Å². The van der Waals surface area contributed by atoms with Crippen molar-refractivity contribution >= 4 is 0 Å². The molecule has 0 aromatic rings. The van der Waals surface area contributed by atoms with Crippen LogP contribution in [0.2, 0.25) is 0 Å². The molecule has 0 spiro atoms. The lowest BCUT2D eigenvalue weighted by Crippen LogP contribution is -2.28. The third-order valence-corrected chi connectivity index (χ3v) is 2.50. The number of halogens is 1. The van der Waals surface area contributed by atoms with Gasteiger partial charge in [-0.1, -0.05) is 6.92 Å². The molecule has 0 aromatic heterocycles. The summed E-state index contributed by atoms with van der Waals surface area (Å²) in [4.78, 5) is 0. The zero-order valence-corrected chi connectivity index (χ0v) is 8.12. The highest BCUT2D eigenvalue weighted by atomic mass is 19.1. The topological polar surface area (TPSA) is 27.7 Å². The summed E-state index contributed by atoms with van der Waals surface area (Å²) in [5.74, 6) is -0.670. The van der Waals surface area contributed by atoms with Gasteiger partial charge >= 0.3 is 0 Å². The highest BCUT2D eigenvalue weighted by Gasteiger charge is 2.54. The van der Waals surface area contributed by atoms with E-state index in [0.29, 0.717) is 0 Å². The van der Waals surface area contributed by atoms with Crippen molar-refractivity contribution < 1.29 is 18.6 Å². The first kappa shape index (κ1) is 9.37. The predicted octanol–water partition coefficient (Wildman–Crippen LogP) is 1.61. The van der Waals surface area contributed by atoms with Gasteiger partial charge in [-0.25, -0.2) is 4.39 Å². The molecule has 2 aliphatic rings. The Labute approximate surface area is 77.2 Å². The molecule has 0 N–H and O–H groups in total. The van der Waals surface area contributed by atoms with E-state index in [4.69, 9.17) is 14.2 Å². The summed E-state index contributed by atoms with van der Waals surface area (Å²) in [6.07, 6.45) is -1.53. The summed E-state index contributed by atoms with van der Waals surface area (Å²) in [7, 11) is 0. The van der Waals surface area contributed by atoms with Gasteiger partial charge in [0.15, 0.2) is 5.79 Å². The molecule has 4 atom stereocenters. The molecule has 0 radical (unpaired) electrons. The van der Waals surface area contributed by atoms with Gasteiger partial charge in [-0.3, -0.25) is 0 Å². The first-order chi connectivity index (χ1) is 6.03. The number of hydrogen-bond donors (Lipinski definition) is 0. The van der Waals surface area contributed by atoms with Crippen LogP contribution in [0.25, 0.3) is 0 Å². The molecule has 3 nitrogen and oxygen atoms in total. The largest absolute Gasteiger partial charge is 0.342 e. The van der Waals surface area contributed by atoms with Crippen molar-refractivity contribution in [3.63, 3.8) is 0 Å². The van der Waals surface area contributed by atoms with Gasteiger partial charge in [-0.2, -0.15) is 0 Å². The molecule has 2 aliphatic heterocycles. The molecule has 2 heterocycles. The van der Waals surface area contributed by atoms with Gasteiger partial charge in [0.1, 0.15) is 12.2 Å². The maximum absolute atomic E-state index is 13.2. The second kappa shape index (κ2) is 2.90. The molecule has 0 aliphatic carbocycles. The van der Waals surface area contributed by atoms with Gasteiger partial charge in [0.05, 0.1) is 6.10 Å². The second-order valence-electron chi connectivity index (χ2n) is 4.00. The Balaban J connectivity index is 2.12. The number of fused-ring (bicyclic) bond motifs is 1. The summed E-state index contributed by atoms with van der Waals surface area (Å²) in [6.45, 7) is 5.55. The smallest absolute Gasteiger partial charge is 0.228 e. The van der Waals surface area contributed by atoms with Crippen molar-refractivity contribution in [3.8, 4) is 0 Å². The molecule has 2 saturated heterocycles. The number of ether oxygens (including phenoxy) is 3. The Morgan fingerprint density at radius 3 is 2.46 bits per heavy atom. The fourth-order valence-corrected chi connectivity index (χ4v) is 1.96. The van der Waals surface area contributed by atoms with E-state index in [-0.39, 0.29) is 12.2 Å². The quantitative estimate of drug-likeness (QED) is 0.628. The van der Waals surface area contributed by atoms with Crippen molar-refractivity contribution in [2.75, 3.05) is 0 Å². The molecule has 13 heavy (non-hydrogen) atoms. The molecule has 0 bridgehead atoms. The Kier molecular flexibility index (Phi) is 2.09. The highest BCUT2D eigenvalue weighted by Crippen LogP contribution is 2.39. The van der Waals surface area contributed by atoms with Crippen LogP contribution in [-0.2, 0) is 14.2 Å². The van der Waals surface area contributed by atoms with Crippen molar-refractivity contribution in [2.45, 2.75) is 57.6 Å². The average Bonchev–Trinajstić information content (AvgIpc) is 2.47. The predicted molar refractivity (Wildman–Crippen MR) is 43.9 cm³/mol. The third kappa shape index (κ3) is 1.47. The van der Waals surface area contributed by atoms with Crippen LogP contribution >= 0.6 is 0 Å². The minimum Gasteiger partial charge on any atom is -0.342 e. The van der Waals surface area contributed by atoms with Crippen LogP contribution in [0.3, 0.4) is 0 Å². The van der Waals surface area contributed by atoms with Gasteiger partial charge in [-0.05, 0) is 20.3 Å². The minimum absolute atomic E-state index is 0.165. The zero-order valence-electron chi connectivity index (χ0n) is 8.12. The fourth-order valence-electron chi connectivity index (χ4n) is 1.96. The monoisotopic (exact) mass is 190 g/mol. The highest BCUT2D eigenvalue weighted by molar-refractivity contribution is 4.93. The van der Waals surface area contributed by atoms with E-state index in [0.717, 1.165) is 6.42 Å². The van der Waals surface area contributed by atoms with E-state index in [9.17, 15) is 4.39 Å². The third-order valence-electron chi connectivity index (χ3n) is 2.50. The number of alkyl halides is 1. The number of hydrogen-bond acceptors (Lipinski definition) is 3. The average molecular weight is 190 g/mol. The van der Waals surface area contributed by atoms with Gasteiger partial charge in [0.2, 0.25) is 6.36 Å². The van der Waals surface area contributed by atoms with E-state index in [1.54, 1.807) is 13.8 Å². The molecule has 2 fully saturated rings. The fraction of sp³-hybridized carbons (Fsp3) is 1.00. The number of rotatable bonds is 1. The minimum atomic E-state index is -1.34. The molecule has 0 aromatic carbocycles. The van der Waals surface area contributed by atoms with Crippen molar-refractivity contribution in [1.29, 1.82) is 0 Å². The molecule has 1 unspecified atom stereocenters. The second-order valence-corrected chi connectivity index (χ2v) is 4.00. The first-order valence-corrected chi connectivity index (χ1v) is 4.68. The molecule has 4 heteroatoms. The summed E-state index contributed by atoms with van der Waals surface area (Å²) in [6, 6.07) is 0. The van der Waals surface area contributed by atoms with Crippen LogP contribution in [-0.4, -0.2) is 30.5 Å². The summed E-state index contributed by atoms with van der Waals surface area (Å²) < 4.78 is 29.2. The lowest BCUT2D eigenvalue weighted by molar-refractivity contribution is -0.203. The van der Waals surface area contributed by atoms with Crippen LogP contribution in [0.1, 0.15) is 27.2 Å². The maximum atomic E-state index is 13.2. The molecule has 76 valence electrons. The Morgan fingerprint density at radius 1 is 1.23 bits per heavy atom. The van der Waals surface area contributed by atoms with Gasteiger partial charge < -0.3 is 14.2 Å². The zero-order chi connectivity index (χ0) is 9.64. The van der Waals surface area contributed by atoms with Gasteiger partial charge in [0.25, 0.3) is 0 Å². The van der Waals surface area contributed by atoms with E-state index < -0.39 is 18.2 Å². The van der Waals surface area contributed by atoms with E-state index in [2.05, 4.69) is 0 Å². The lowest BCUT2D eigenvalue weighted by atomic mass is 10.1. The molecular formula is C9H15FO3. The standard InChI is InChI=1S/C9H15FO3/c1-4-5-6-7(8(10)11-5)13-9(2,3)12-6/h5-8H,4H2,1-3H3/t5-,6+,7?,8-/m1/s1. The van der Waals surface area contributed by atoms with Gasteiger partial charge in [0, 0.05) is 0 Å². The van der Waals surface area contributed by atoms with Crippen molar-refractivity contribution in [2.24, 2.45) is 0 Å². The van der Waals surface area contributed by atoms with Crippen LogP contribution < -0.4 is 0 Å². The molecule has 2 rings (SSSR count). The molecular weight excluding hydrogens is 175 g/mol. The SMILES string of the molecule is CC[C@H]1O[C@@H](F)C2OC(C)(C)O[C@H]21. The van der Waals surface area contributed by atoms with Gasteiger partial charge in [-0.15, -0.1) is 0 Å². The van der Waals surface area contributed by atoms with E-state index in [1.165, 1.54) is 0 Å².